The van der Waals surface area contributed by atoms with Crippen molar-refractivity contribution in [3.05, 3.63) is 42.0 Å². The van der Waals surface area contributed by atoms with Crippen LogP contribution in [0.15, 0.2) is 41.3 Å². The molecule has 2 unspecified atom stereocenters. The molecule has 2 atom stereocenters. The highest BCUT2D eigenvalue weighted by Crippen LogP contribution is 2.44. The van der Waals surface area contributed by atoms with Crippen molar-refractivity contribution in [1.29, 1.82) is 0 Å². The van der Waals surface area contributed by atoms with Gasteiger partial charge in [0.2, 0.25) is 10.0 Å². The molecule has 4 heteroatoms. The van der Waals surface area contributed by atoms with Gasteiger partial charge in [-0.25, -0.2) is 8.42 Å². The highest BCUT2D eigenvalue weighted by molar-refractivity contribution is 7.89. The van der Waals surface area contributed by atoms with Crippen LogP contribution >= 0.6 is 0 Å². The molecule has 0 aromatic heterocycles. The van der Waals surface area contributed by atoms with E-state index in [2.05, 4.69) is 12.2 Å². The summed E-state index contributed by atoms with van der Waals surface area (Å²) in [6.45, 7) is 1.97. The molecule has 4 rings (SSSR count). The van der Waals surface area contributed by atoms with Crippen LogP contribution in [-0.4, -0.2) is 24.8 Å². The summed E-state index contributed by atoms with van der Waals surface area (Å²) in [6, 6.07) is 7.73. The van der Waals surface area contributed by atoms with Gasteiger partial charge in [-0.2, -0.15) is 4.31 Å². The van der Waals surface area contributed by atoms with Crippen molar-refractivity contribution in [2.75, 3.05) is 0 Å². The Bertz CT molecular complexity index is 628. The summed E-state index contributed by atoms with van der Waals surface area (Å²) in [5, 5.41) is 0. The van der Waals surface area contributed by atoms with Gasteiger partial charge < -0.3 is 0 Å². The van der Waals surface area contributed by atoms with Gasteiger partial charge in [0.1, 0.15) is 0 Å². The number of sulfonamides is 1. The molecule has 2 aliphatic carbocycles. The van der Waals surface area contributed by atoms with E-state index >= 15 is 0 Å². The van der Waals surface area contributed by atoms with Crippen molar-refractivity contribution in [1.82, 2.24) is 4.31 Å². The molecule has 1 aromatic rings. The molecule has 0 radical (unpaired) electrons. The average molecular weight is 333 g/mol. The number of benzene rings is 1. The fraction of sp³-hybridized carbons (Fsp3) is 0.579. The predicted molar refractivity (Wildman–Crippen MR) is 93.9 cm³/mol. The highest BCUT2D eigenvalue weighted by Gasteiger charge is 2.55. The topological polar surface area (TPSA) is 37.1 Å². The molecule has 0 N–H and O–H groups in total. The maximum Gasteiger partial charge on any atom is 0.243 e. The van der Waals surface area contributed by atoms with Gasteiger partial charge in [-0.05, 0) is 57.6 Å². The van der Waals surface area contributed by atoms with Crippen LogP contribution in [0.4, 0.5) is 0 Å². The number of hydrogen-bond donors (Lipinski definition) is 0. The first-order chi connectivity index (χ1) is 11.1. The zero-order chi connectivity index (χ0) is 16.3. The van der Waals surface area contributed by atoms with Crippen LogP contribution in [0, 0.1) is 6.92 Å². The van der Waals surface area contributed by atoms with Crippen molar-refractivity contribution in [2.24, 2.45) is 0 Å². The molecule has 1 heterocycles. The van der Waals surface area contributed by atoms with Crippen LogP contribution < -0.4 is 0 Å². The Labute approximate surface area is 140 Å². The second kappa shape index (κ2) is 7.18. The van der Waals surface area contributed by atoms with E-state index < -0.39 is 10.0 Å². The molecule has 0 amide bonds. The summed E-state index contributed by atoms with van der Waals surface area (Å²) in [5.74, 6) is 0. The summed E-state index contributed by atoms with van der Waals surface area (Å²) in [6.07, 6.45) is 14.4. The monoisotopic (exact) mass is 333 g/mol. The Morgan fingerprint density at radius 3 is 1.83 bits per heavy atom. The molecule has 2 fully saturated rings. The summed E-state index contributed by atoms with van der Waals surface area (Å²) < 4.78 is 26.5. The van der Waals surface area contributed by atoms with Gasteiger partial charge in [0, 0.05) is 12.1 Å². The fourth-order valence-corrected chi connectivity index (χ4v) is 5.48. The van der Waals surface area contributed by atoms with E-state index in [0.29, 0.717) is 4.90 Å². The lowest BCUT2D eigenvalue weighted by atomic mass is 10.0. The molecule has 0 bridgehead atoms. The van der Waals surface area contributed by atoms with Gasteiger partial charge in [-0.3, -0.25) is 0 Å². The molecule has 3 aliphatic rings. The lowest BCUT2D eigenvalue weighted by molar-refractivity contribution is 0.545. The largest absolute Gasteiger partial charge is 0.243 e. The van der Waals surface area contributed by atoms with E-state index in [1.807, 2.05) is 19.1 Å². The second-order valence-corrected chi connectivity index (χ2v) is 8.67. The van der Waals surface area contributed by atoms with Crippen LogP contribution in [0.5, 0.6) is 0 Å². The molecule has 126 valence electrons. The predicted octanol–water partition coefficient (Wildman–Crippen LogP) is 4.43. The number of allylic oxidation sites excluding steroid dienone is 2. The molecule has 1 saturated carbocycles. The maximum absolute atomic E-state index is 12.4. The number of aryl methyl sites for hydroxylation is 1. The standard InChI is InChI=1S/C13H17NO2S.C6H10/c1-10-6-8-11(9-7-10)17(15,16)14-12-4-2-3-5-13(12)14;1-2-4-6-5-3-1/h6-9,12-13H,2-5H2,1H3;1-2H,3-6H2. The molecule has 1 aliphatic heterocycles. The SMILES string of the molecule is C1=CCCCC1.Cc1ccc(S(=O)(=O)N2C3CCCCC32)cc1. The minimum absolute atomic E-state index is 0.287. The van der Waals surface area contributed by atoms with E-state index in [1.165, 1.54) is 38.5 Å². The summed E-state index contributed by atoms with van der Waals surface area (Å²) in [4.78, 5) is 0.442. The van der Waals surface area contributed by atoms with Crippen LogP contribution in [0.3, 0.4) is 0 Å². The molecular weight excluding hydrogens is 306 g/mol. The molecule has 23 heavy (non-hydrogen) atoms. The van der Waals surface area contributed by atoms with Crippen molar-refractivity contribution in [3.63, 3.8) is 0 Å². The van der Waals surface area contributed by atoms with Gasteiger partial charge in [0.25, 0.3) is 0 Å². The van der Waals surface area contributed by atoms with Gasteiger partial charge in [-0.15, -0.1) is 0 Å². The number of fused-ring (bicyclic) bond motifs is 1. The van der Waals surface area contributed by atoms with Gasteiger partial charge in [0.05, 0.1) is 4.90 Å². The van der Waals surface area contributed by atoms with Crippen molar-refractivity contribution in [2.45, 2.75) is 75.3 Å². The Hall–Kier alpha value is -1.13. The molecule has 1 aromatic carbocycles. The third-order valence-electron chi connectivity index (χ3n) is 5.01. The van der Waals surface area contributed by atoms with Crippen LogP contribution in [0.25, 0.3) is 0 Å². The Morgan fingerprint density at radius 2 is 1.39 bits per heavy atom. The number of rotatable bonds is 2. The van der Waals surface area contributed by atoms with Crippen molar-refractivity contribution in [3.8, 4) is 0 Å². The summed E-state index contributed by atoms with van der Waals surface area (Å²) in [7, 11) is -3.23. The zero-order valence-corrected chi connectivity index (χ0v) is 14.8. The molecule has 1 saturated heterocycles. The first-order valence-electron chi connectivity index (χ1n) is 8.86. The Balaban J connectivity index is 0.000000220. The van der Waals surface area contributed by atoms with E-state index in [9.17, 15) is 8.42 Å². The number of nitrogens with zero attached hydrogens (tertiary/aromatic N) is 1. The average Bonchev–Trinajstić information content (AvgIpc) is 3.33. The van der Waals surface area contributed by atoms with Crippen molar-refractivity contribution < 1.29 is 8.42 Å². The summed E-state index contributed by atoms with van der Waals surface area (Å²) >= 11 is 0. The lowest BCUT2D eigenvalue weighted by Crippen LogP contribution is -2.15. The molecular formula is C19H27NO2S. The van der Waals surface area contributed by atoms with Gasteiger partial charge in [-0.1, -0.05) is 42.7 Å². The van der Waals surface area contributed by atoms with E-state index in [1.54, 1.807) is 16.4 Å². The maximum atomic E-state index is 12.4. The van der Waals surface area contributed by atoms with E-state index in [0.717, 1.165) is 18.4 Å². The third-order valence-corrected chi connectivity index (χ3v) is 6.98. The highest BCUT2D eigenvalue weighted by atomic mass is 32.2. The van der Waals surface area contributed by atoms with Gasteiger partial charge in [0.15, 0.2) is 0 Å². The van der Waals surface area contributed by atoms with Crippen LogP contribution in [0.2, 0.25) is 0 Å². The Morgan fingerprint density at radius 1 is 0.870 bits per heavy atom. The molecule has 0 spiro atoms. The zero-order valence-electron chi connectivity index (χ0n) is 13.9. The normalized spacial score (nSPS) is 29.2. The fourth-order valence-electron chi connectivity index (χ4n) is 3.60. The Kier molecular flexibility index (Phi) is 5.22. The second-order valence-electron chi connectivity index (χ2n) is 6.82. The van der Waals surface area contributed by atoms with E-state index in [-0.39, 0.29) is 12.1 Å². The first kappa shape index (κ1) is 16.7. The van der Waals surface area contributed by atoms with Crippen LogP contribution in [0.1, 0.15) is 56.9 Å². The minimum Gasteiger partial charge on any atom is -0.207 e. The lowest BCUT2D eigenvalue weighted by Gasteiger charge is -2.06. The smallest absolute Gasteiger partial charge is 0.207 e. The third kappa shape index (κ3) is 3.86. The van der Waals surface area contributed by atoms with E-state index in [4.69, 9.17) is 0 Å². The first-order valence-corrected chi connectivity index (χ1v) is 10.3. The summed E-state index contributed by atoms with van der Waals surface area (Å²) in [5.41, 5.74) is 1.09. The quantitative estimate of drug-likeness (QED) is 0.593. The molecule has 3 nitrogen and oxygen atoms in total. The number of hydrogen-bond acceptors (Lipinski definition) is 2. The van der Waals surface area contributed by atoms with Gasteiger partial charge >= 0.3 is 0 Å². The minimum atomic E-state index is -3.23. The van der Waals surface area contributed by atoms with Crippen LogP contribution in [-0.2, 0) is 10.0 Å². The van der Waals surface area contributed by atoms with Crippen molar-refractivity contribution >= 4 is 10.0 Å².